The van der Waals surface area contributed by atoms with Crippen LogP contribution in [-0.2, 0) is 0 Å². The largest absolute Gasteiger partial charge is 0.310 e. The number of hydrogen-bond acceptors (Lipinski definition) is 1. The number of hydrogen-bond donors (Lipinski definition) is 1. The molecule has 2 heteroatoms. The Morgan fingerprint density at radius 1 is 1.15 bits per heavy atom. The lowest BCUT2D eigenvalue weighted by molar-refractivity contribution is 0.353. The van der Waals surface area contributed by atoms with Crippen molar-refractivity contribution in [1.29, 1.82) is 0 Å². The van der Waals surface area contributed by atoms with Gasteiger partial charge in [-0.25, -0.2) is 4.39 Å². The molecule has 0 aliphatic heterocycles. The van der Waals surface area contributed by atoms with E-state index in [1.807, 2.05) is 12.1 Å². The van der Waals surface area contributed by atoms with Crippen LogP contribution in [0.5, 0.6) is 0 Å². The molecule has 2 unspecified atom stereocenters. The first kappa shape index (κ1) is 17.2. The van der Waals surface area contributed by atoms with Crippen molar-refractivity contribution < 1.29 is 4.39 Å². The number of benzene rings is 1. The van der Waals surface area contributed by atoms with Crippen molar-refractivity contribution in [3.05, 3.63) is 35.6 Å². The SMILES string of the molecule is CCCCC(CC)CC(NCCC)c1cccc(F)c1. The van der Waals surface area contributed by atoms with Gasteiger partial charge in [-0.15, -0.1) is 0 Å². The summed E-state index contributed by atoms with van der Waals surface area (Å²) in [6, 6.07) is 7.35. The predicted molar refractivity (Wildman–Crippen MR) is 85.4 cm³/mol. The maximum absolute atomic E-state index is 13.4. The quantitative estimate of drug-likeness (QED) is 0.598. The highest BCUT2D eigenvalue weighted by atomic mass is 19.1. The van der Waals surface area contributed by atoms with Gasteiger partial charge in [-0.1, -0.05) is 58.6 Å². The molecule has 1 N–H and O–H groups in total. The van der Waals surface area contributed by atoms with E-state index in [9.17, 15) is 4.39 Å². The van der Waals surface area contributed by atoms with Crippen molar-refractivity contribution in [1.82, 2.24) is 5.32 Å². The minimum atomic E-state index is -0.132. The lowest BCUT2D eigenvalue weighted by Crippen LogP contribution is -2.24. The molecule has 0 aliphatic carbocycles. The Kier molecular flexibility index (Phi) is 8.52. The molecule has 0 radical (unpaired) electrons. The summed E-state index contributed by atoms with van der Waals surface area (Å²) < 4.78 is 13.4. The summed E-state index contributed by atoms with van der Waals surface area (Å²) in [5.74, 6) is 0.597. The van der Waals surface area contributed by atoms with E-state index in [0.29, 0.717) is 0 Å². The molecule has 0 spiro atoms. The second-order valence-electron chi connectivity index (χ2n) is 5.71. The smallest absolute Gasteiger partial charge is 0.123 e. The van der Waals surface area contributed by atoms with Crippen LogP contribution in [0.1, 0.15) is 70.9 Å². The Morgan fingerprint density at radius 3 is 2.55 bits per heavy atom. The van der Waals surface area contributed by atoms with Crippen molar-refractivity contribution in [2.75, 3.05) is 6.54 Å². The third kappa shape index (κ3) is 6.04. The maximum atomic E-state index is 13.4. The van der Waals surface area contributed by atoms with Crippen molar-refractivity contribution in [2.24, 2.45) is 5.92 Å². The number of rotatable bonds is 10. The number of unbranched alkanes of at least 4 members (excludes halogenated alkanes) is 1. The van der Waals surface area contributed by atoms with Crippen LogP contribution < -0.4 is 5.32 Å². The fourth-order valence-electron chi connectivity index (χ4n) is 2.69. The van der Waals surface area contributed by atoms with Crippen molar-refractivity contribution in [3.63, 3.8) is 0 Å². The third-order valence-corrected chi connectivity index (χ3v) is 4.00. The number of nitrogens with one attached hydrogen (secondary N) is 1. The van der Waals surface area contributed by atoms with Crippen LogP contribution in [0, 0.1) is 11.7 Å². The van der Waals surface area contributed by atoms with E-state index >= 15 is 0 Å². The monoisotopic (exact) mass is 279 g/mol. The van der Waals surface area contributed by atoms with E-state index in [1.165, 1.54) is 31.7 Å². The molecule has 0 aromatic heterocycles. The van der Waals surface area contributed by atoms with E-state index in [2.05, 4.69) is 26.1 Å². The molecule has 0 saturated heterocycles. The molecule has 0 fully saturated rings. The minimum absolute atomic E-state index is 0.132. The van der Waals surface area contributed by atoms with E-state index in [1.54, 1.807) is 6.07 Å². The Bertz CT molecular complexity index is 364. The van der Waals surface area contributed by atoms with Crippen molar-refractivity contribution in [3.8, 4) is 0 Å². The average molecular weight is 279 g/mol. The van der Waals surface area contributed by atoms with Gasteiger partial charge in [-0.2, -0.15) is 0 Å². The van der Waals surface area contributed by atoms with Gasteiger partial charge in [0.25, 0.3) is 0 Å². The van der Waals surface area contributed by atoms with Crippen LogP contribution >= 0.6 is 0 Å². The molecule has 0 aliphatic rings. The van der Waals surface area contributed by atoms with Gasteiger partial charge in [-0.05, 0) is 43.0 Å². The Morgan fingerprint density at radius 2 is 1.95 bits per heavy atom. The second kappa shape index (κ2) is 9.93. The van der Waals surface area contributed by atoms with Crippen LogP contribution in [0.25, 0.3) is 0 Å². The molecule has 2 atom stereocenters. The summed E-state index contributed by atoms with van der Waals surface area (Å²) in [6.45, 7) is 7.67. The second-order valence-corrected chi connectivity index (χ2v) is 5.71. The van der Waals surface area contributed by atoms with Crippen LogP contribution in [0.15, 0.2) is 24.3 Å². The van der Waals surface area contributed by atoms with Gasteiger partial charge < -0.3 is 5.32 Å². The molecule has 1 nitrogen and oxygen atoms in total. The maximum Gasteiger partial charge on any atom is 0.123 e. The molecule has 0 heterocycles. The fourth-order valence-corrected chi connectivity index (χ4v) is 2.69. The van der Waals surface area contributed by atoms with Gasteiger partial charge in [0.15, 0.2) is 0 Å². The van der Waals surface area contributed by atoms with Crippen molar-refractivity contribution in [2.45, 2.75) is 65.3 Å². The standard InChI is InChI=1S/C18H30FN/c1-4-7-9-15(6-3)13-18(20-12-5-2)16-10-8-11-17(19)14-16/h8,10-11,14-15,18,20H,4-7,9,12-13H2,1-3H3. The Balaban J connectivity index is 2.72. The summed E-state index contributed by atoms with van der Waals surface area (Å²) in [5.41, 5.74) is 1.09. The first-order valence-corrected chi connectivity index (χ1v) is 8.20. The molecule has 1 aromatic rings. The van der Waals surface area contributed by atoms with E-state index < -0.39 is 0 Å². The van der Waals surface area contributed by atoms with Crippen molar-refractivity contribution >= 4 is 0 Å². The first-order chi connectivity index (χ1) is 9.71. The molecule has 0 amide bonds. The zero-order valence-corrected chi connectivity index (χ0v) is 13.3. The molecular formula is C18H30FN. The van der Waals surface area contributed by atoms with Gasteiger partial charge in [0.2, 0.25) is 0 Å². The van der Waals surface area contributed by atoms with Gasteiger partial charge in [0, 0.05) is 6.04 Å². The molecule has 0 bridgehead atoms. The Hall–Kier alpha value is -0.890. The predicted octanol–water partition coefficient (Wildman–Crippen LogP) is 5.47. The van der Waals surface area contributed by atoms with E-state index in [-0.39, 0.29) is 11.9 Å². The van der Waals surface area contributed by atoms with E-state index in [0.717, 1.165) is 30.9 Å². The zero-order chi connectivity index (χ0) is 14.8. The molecular weight excluding hydrogens is 249 g/mol. The molecule has 1 aromatic carbocycles. The summed E-state index contributed by atoms with van der Waals surface area (Å²) in [5, 5.41) is 3.59. The topological polar surface area (TPSA) is 12.0 Å². The van der Waals surface area contributed by atoms with E-state index in [4.69, 9.17) is 0 Å². The highest BCUT2D eigenvalue weighted by Gasteiger charge is 2.16. The highest BCUT2D eigenvalue weighted by molar-refractivity contribution is 5.20. The summed E-state index contributed by atoms with van der Waals surface area (Å²) in [7, 11) is 0. The summed E-state index contributed by atoms with van der Waals surface area (Å²) in [6.07, 6.45) is 7.26. The summed E-state index contributed by atoms with van der Waals surface area (Å²) >= 11 is 0. The molecule has 114 valence electrons. The van der Waals surface area contributed by atoms with Gasteiger partial charge in [0.05, 0.1) is 0 Å². The molecule has 1 rings (SSSR count). The third-order valence-electron chi connectivity index (χ3n) is 4.00. The van der Waals surface area contributed by atoms with Crippen LogP contribution in [0.2, 0.25) is 0 Å². The first-order valence-electron chi connectivity index (χ1n) is 8.20. The molecule has 20 heavy (non-hydrogen) atoms. The van der Waals surface area contributed by atoms with Crippen LogP contribution in [0.4, 0.5) is 4.39 Å². The normalized spacial score (nSPS) is 14.2. The van der Waals surface area contributed by atoms with Gasteiger partial charge in [-0.3, -0.25) is 0 Å². The van der Waals surface area contributed by atoms with Crippen LogP contribution in [-0.4, -0.2) is 6.54 Å². The van der Waals surface area contributed by atoms with Gasteiger partial charge in [0.1, 0.15) is 5.82 Å². The zero-order valence-electron chi connectivity index (χ0n) is 13.3. The molecule has 0 saturated carbocycles. The average Bonchev–Trinajstić information content (AvgIpc) is 2.46. The van der Waals surface area contributed by atoms with Gasteiger partial charge >= 0.3 is 0 Å². The number of halogens is 1. The summed E-state index contributed by atoms with van der Waals surface area (Å²) in [4.78, 5) is 0. The highest BCUT2D eigenvalue weighted by Crippen LogP contribution is 2.27. The van der Waals surface area contributed by atoms with Crippen LogP contribution in [0.3, 0.4) is 0 Å². The Labute approximate surface area is 124 Å². The lowest BCUT2D eigenvalue weighted by Gasteiger charge is -2.24. The minimum Gasteiger partial charge on any atom is -0.310 e. The lowest BCUT2D eigenvalue weighted by atomic mass is 9.89. The fraction of sp³-hybridized carbons (Fsp3) is 0.667.